The number of hydrazone groups is 1. The highest BCUT2D eigenvalue weighted by molar-refractivity contribution is 6.06. The average molecular weight is 255 g/mol. The molecule has 3 aliphatic rings. The summed E-state index contributed by atoms with van der Waals surface area (Å²) in [5.41, 5.74) is 0.777. The number of H-pyrrole nitrogens is 1. The SMILES string of the molecule is O=C1[C@@H]2[C@@H](C(=O)N1/N=C\c1ccc[nH]1)[C@H]1C=C[C@H]2C1. The molecular formula is C14H13N3O2. The molecular weight excluding hydrogens is 242 g/mol. The van der Waals surface area contributed by atoms with E-state index in [1.807, 2.05) is 12.1 Å². The second-order valence-electron chi connectivity index (χ2n) is 5.36. The van der Waals surface area contributed by atoms with Gasteiger partial charge in [0.1, 0.15) is 0 Å². The number of nitrogens with zero attached hydrogens (tertiary/aromatic N) is 2. The van der Waals surface area contributed by atoms with Crippen molar-refractivity contribution in [1.82, 2.24) is 9.99 Å². The maximum atomic E-state index is 12.3. The third-order valence-corrected chi connectivity index (χ3v) is 4.38. The molecule has 1 saturated heterocycles. The molecule has 4 rings (SSSR count). The molecule has 5 nitrogen and oxygen atoms in total. The van der Waals surface area contributed by atoms with E-state index in [0.717, 1.165) is 17.1 Å². The summed E-state index contributed by atoms with van der Waals surface area (Å²) in [6.45, 7) is 0. The molecule has 1 saturated carbocycles. The molecule has 2 fully saturated rings. The summed E-state index contributed by atoms with van der Waals surface area (Å²) in [6, 6.07) is 3.68. The van der Waals surface area contributed by atoms with Crippen LogP contribution in [0.25, 0.3) is 0 Å². The molecule has 1 aromatic rings. The van der Waals surface area contributed by atoms with E-state index < -0.39 is 0 Å². The van der Waals surface area contributed by atoms with Crippen LogP contribution in [-0.2, 0) is 9.59 Å². The molecule has 1 aromatic heterocycles. The second-order valence-corrected chi connectivity index (χ2v) is 5.36. The predicted molar refractivity (Wildman–Crippen MR) is 68.0 cm³/mol. The van der Waals surface area contributed by atoms with Gasteiger partial charge in [0.05, 0.1) is 23.7 Å². The summed E-state index contributed by atoms with van der Waals surface area (Å²) < 4.78 is 0. The quantitative estimate of drug-likeness (QED) is 0.489. The number of allylic oxidation sites excluding steroid dienone is 2. The first-order chi connectivity index (χ1) is 9.25. The first-order valence-corrected chi connectivity index (χ1v) is 6.49. The lowest BCUT2D eigenvalue weighted by Gasteiger charge is -2.13. The van der Waals surface area contributed by atoms with Gasteiger partial charge >= 0.3 is 0 Å². The normalized spacial score (nSPS) is 35.9. The summed E-state index contributed by atoms with van der Waals surface area (Å²) in [4.78, 5) is 27.5. The van der Waals surface area contributed by atoms with Gasteiger partial charge in [0.25, 0.3) is 11.8 Å². The highest BCUT2D eigenvalue weighted by atomic mass is 16.2. The Hall–Kier alpha value is -2.17. The van der Waals surface area contributed by atoms with Crippen molar-refractivity contribution >= 4 is 18.0 Å². The second kappa shape index (κ2) is 3.66. The number of hydrogen-bond donors (Lipinski definition) is 1. The summed E-state index contributed by atoms with van der Waals surface area (Å²) >= 11 is 0. The van der Waals surface area contributed by atoms with E-state index in [2.05, 4.69) is 22.2 Å². The Morgan fingerprint density at radius 1 is 1.21 bits per heavy atom. The van der Waals surface area contributed by atoms with Crippen molar-refractivity contribution in [2.24, 2.45) is 28.8 Å². The van der Waals surface area contributed by atoms with E-state index >= 15 is 0 Å². The fourth-order valence-corrected chi connectivity index (χ4v) is 3.54. The molecule has 1 N–H and O–H groups in total. The Bertz CT molecular complexity index is 572. The van der Waals surface area contributed by atoms with Gasteiger partial charge < -0.3 is 4.98 Å². The van der Waals surface area contributed by atoms with Crippen molar-refractivity contribution in [3.63, 3.8) is 0 Å². The minimum absolute atomic E-state index is 0.144. The number of aromatic amines is 1. The molecule has 4 atom stereocenters. The van der Waals surface area contributed by atoms with Crippen LogP contribution < -0.4 is 0 Å². The minimum Gasteiger partial charge on any atom is -0.360 e. The third-order valence-electron chi connectivity index (χ3n) is 4.38. The van der Waals surface area contributed by atoms with Gasteiger partial charge in [-0.15, -0.1) is 0 Å². The van der Waals surface area contributed by atoms with Crippen molar-refractivity contribution in [3.05, 3.63) is 36.2 Å². The molecule has 2 aliphatic carbocycles. The predicted octanol–water partition coefficient (Wildman–Crippen LogP) is 1.16. The maximum Gasteiger partial charge on any atom is 0.254 e. The smallest absolute Gasteiger partial charge is 0.254 e. The zero-order valence-corrected chi connectivity index (χ0v) is 10.2. The molecule has 96 valence electrons. The van der Waals surface area contributed by atoms with Gasteiger partial charge in [0.15, 0.2) is 0 Å². The summed E-state index contributed by atoms with van der Waals surface area (Å²) in [5.74, 6) is -0.176. The molecule has 0 spiro atoms. The fourth-order valence-electron chi connectivity index (χ4n) is 3.54. The van der Waals surface area contributed by atoms with Crippen LogP contribution in [0, 0.1) is 23.7 Å². The van der Waals surface area contributed by atoms with Crippen LogP contribution in [0.1, 0.15) is 12.1 Å². The Morgan fingerprint density at radius 3 is 2.47 bits per heavy atom. The van der Waals surface area contributed by atoms with Gasteiger partial charge in [0.2, 0.25) is 0 Å². The standard InChI is InChI=1S/C14H13N3O2/c18-13-11-8-3-4-9(6-8)12(11)14(19)17(13)16-7-10-2-1-5-15-10/h1-5,7-9,11-12,15H,6H2/b16-7-/t8-,9-,11-,12-/m0/s1. The molecule has 5 heteroatoms. The van der Waals surface area contributed by atoms with Crippen LogP contribution >= 0.6 is 0 Å². The van der Waals surface area contributed by atoms with Crippen LogP contribution in [0.2, 0.25) is 0 Å². The molecule has 0 radical (unpaired) electrons. The largest absolute Gasteiger partial charge is 0.360 e. The van der Waals surface area contributed by atoms with E-state index in [9.17, 15) is 9.59 Å². The van der Waals surface area contributed by atoms with Crippen LogP contribution in [-0.4, -0.2) is 28.0 Å². The summed E-state index contributed by atoms with van der Waals surface area (Å²) in [5, 5.41) is 5.11. The number of nitrogens with one attached hydrogen (secondary N) is 1. The number of aromatic nitrogens is 1. The van der Waals surface area contributed by atoms with Crippen molar-refractivity contribution in [2.45, 2.75) is 6.42 Å². The van der Waals surface area contributed by atoms with Crippen LogP contribution in [0.15, 0.2) is 35.6 Å². The van der Waals surface area contributed by atoms with E-state index in [0.29, 0.717) is 0 Å². The lowest BCUT2D eigenvalue weighted by Crippen LogP contribution is -2.28. The molecule has 0 aromatic carbocycles. The minimum atomic E-state index is -0.178. The molecule has 2 heterocycles. The van der Waals surface area contributed by atoms with Crippen LogP contribution in [0.5, 0.6) is 0 Å². The molecule has 0 unspecified atom stereocenters. The topological polar surface area (TPSA) is 65.5 Å². The fraction of sp³-hybridized carbons (Fsp3) is 0.357. The van der Waals surface area contributed by atoms with Gasteiger partial charge in [-0.25, -0.2) is 0 Å². The lowest BCUT2D eigenvalue weighted by atomic mass is 9.85. The third kappa shape index (κ3) is 1.38. The van der Waals surface area contributed by atoms with Crippen molar-refractivity contribution < 1.29 is 9.59 Å². The van der Waals surface area contributed by atoms with Crippen LogP contribution in [0.4, 0.5) is 0 Å². The van der Waals surface area contributed by atoms with E-state index in [1.54, 1.807) is 6.20 Å². The maximum absolute atomic E-state index is 12.3. The number of fused-ring (bicyclic) bond motifs is 5. The van der Waals surface area contributed by atoms with Crippen molar-refractivity contribution in [3.8, 4) is 0 Å². The number of hydrogen-bond acceptors (Lipinski definition) is 3. The number of rotatable bonds is 2. The van der Waals surface area contributed by atoms with Gasteiger partial charge in [-0.2, -0.15) is 10.1 Å². The summed E-state index contributed by atoms with van der Waals surface area (Å²) in [7, 11) is 0. The lowest BCUT2D eigenvalue weighted by molar-refractivity contribution is -0.140. The van der Waals surface area contributed by atoms with Crippen molar-refractivity contribution in [2.75, 3.05) is 0 Å². The Labute approximate surface area is 110 Å². The van der Waals surface area contributed by atoms with E-state index in [1.165, 1.54) is 6.21 Å². The van der Waals surface area contributed by atoms with Gasteiger partial charge in [-0.05, 0) is 30.4 Å². The van der Waals surface area contributed by atoms with Crippen molar-refractivity contribution in [1.29, 1.82) is 0 Å². The highest BCUT2D eigenvalue weighted by Gasteiger charge is 2.59. The number of carbonyl (C=O) groups excluding carboxylic acids is 2. The number of amides is 2. The molecule has 1 aliphatic heterocycles. The number of imide groups is 1. The molecule has 2 bridgehead atoms. The van der Waals surface area contributed by atoms with E-state index in [-0.39, 0.29) is 35.5 Å². The zero-order chi connectivity index (χ0) is 13.0. The Balaban J connectivity index is 1.62. The molecule has 2 amide bonds. The van der Waals surface area contributed by atoms with Gasteiger partial charge in [-0.1, -0.05) is 12.2 Å². The first kappa shape index (κ1) is 10.7. The molecule has 19 heavy (non-hydrogen) atoms. The van der Waals surface area contributed by atoms with Gasteiger partial charge in [-0.3, -0.25) is 9.59 Å². The average Bonchev–Trinajstić information content (AvgIpc) is 3.14. The van der Waals surface area contributed by atoms with Crippen LogP contribution in [0.3, 0.4) is 0 Å². The Morgan fingerprint density at radius 2 is 1.89 bits per heavy atom. The highest BCUT2D eigenvalue weighted by Crippen LogP contribution is 2.52. The first-order valence-electron chi connectivity index (χ1n) is 6.49. The Kier molecular flexibility index (Phi) is 2.07. The van der Waals surface area contributed by atoms with Gasteiger partial charge in [0, 0.05) is 6.20 Å². The summed E-state index contributed by atoms with van der Waals surface area (Å²) in [6.07, 6.45) is 8.39. The zero-order valence-electron chi connectivity index (χ0n) is 10.2. The monoisotopic (exact) mass is 255 g/mol. The van der Waals surface area contributed by atoms with E-state index in [4.69, 9.17) is 0 Å². The number of carbonyl (C=O) groups is 2.